The maximum atomic E-state index is 12.1. The van der Waals surface area contributed by atoms with Gasteiger partial charge in [-0.15, -0.1) is 0 Å². The topological polar surface area (TPSA) is 112 Å². The molecule has 0 amide bonds. The largest absolute Gasteiger partial charge is 0.382 e. The lowest BCUT2D eigenvalue weighted by atomic mass is 10.1. The van der Waals surface area contributed by atoms with Gasteiger partial charge in [0.25, 0.3) is 5.56 Å². The van der Waals surface area contributed by atoms with Gasteiger partial charge in [0.1, 0.15) is 5.69 Å². The predicted molar refractivity (Wildman–Crippen MR) is 120 cm³/mol. The van der Waals surface area contributed by atoms with E-state index in [1.807, 2.05) is 45.2 Å². The Morgan fingerprint density at radius 2 is 1.84 bits per heavy atom. The minimum absolute atomic E-state index is 0.0324. The zero-order valence-corrected chi connectivity index (χ0v) is 17.7. The van der Waals surface area contributed by atoms with Crippen LogP contribution in [0.1, 0.15) is 25.5 Å². The third-order valence-electron chi connectivity index (χ3n) is 4.97. The van der Waals surface area contributed by atoms with E-state index in [2.05, 4.69) is 20.4 Å². The van der Waals surface area contributed by atoms with Gasteiger partial charge in [0.15, 0.2) is 17.3 Å². The molecule has 0 aliphatic rings. The van der Waals surface area contributed by atoms with Crippen molar-refractivity contribution < 1.29 is 4.52 Å². The molecular formula is C23H24N6O2. The molecule has 4 rings (SSSR count). The van der Waals surface area contributed by atoms with Gasteiger partial charge >= 0.3 is 0 Å². The van der Waals surface area contributed by atoms with Gasteiger partial charge in [-0.25, -0.2) is 9.97 Å². The zero-order chi connectivity index (χ0) is 22.0. The molecule has 1 aromatic carbocycles. The molecule has 0 spiro atoms. The van der Waals surface area contributed by atoms with Crippen LogP contribution in [0.5, 0.6) is 0 Å². The molecule has 8 nitrogen and oxygen atoms in total. The van der Waals surface area contributed by atoms with Crippen molar-refractivity contribution in [2.45, 2.75) is 26.4 Å². The first-order chi connectivity index (χ1) is 15.0. The molecule has 8 heteroatoms. The first-order valence-electron chi connectivity index (χ1n) is 10.0. The number of anilines is 1. The van der Waals surface area contributed by atoms with E-state index in [4.69, 9.17) is 10.3 Å². The highest BCUT2D eigenvalue weighted by Gasteiger charge is 2.16. The Balaban J connectivity index is 1.68. The summed E-state index contributed by atoms with van der Waals surface area (Å²) in [6.07, 6.45) is 3.36. The summed E-state index contributed by atoms with van der Waals surface area (Å²) in [6.45, 7) is 4.70. The Morgan fingerprint density at radius 1 is 1.10 bits per heavy atom. The number of rotatable bonds is 6. The predicted octanol–water partition coefficient (Wildman–Crippen LogP) is 3.51. The van der Waals surface area contributed by atoms with Crippen molar-refractivity contribution in [3.8, 4) is 34.0 Å². The fraction of sp³-hybridized carbons (Fsp3) is 0.217. The Morgan fingerprint density at radius 3 is 2.55 bits per heavy atom. The number of nitrogens with zero attached hydrogens (tertiary/aromatic N) is 4. The quantitative estimate of drug-likeness (QED) is 0.495. The normalized spacial score (nSPS) is 11.2. The standard InChI is InChI=1S/C23H24N6O2/c1-14(2)29-13-17(8-9-21(29)30)19-12-26-23(24)22(27-19)20-10-18(28-31-20)16-6-4-15(5-7-16)11-25-3/h4-10,12-14,25H,11H2,1-3H3,(H2,24,26). The molecule has 0 aliphatic heterocycles. The molecule has 0 saturated heterocycles. The highest BCUT2D eigenvalue weighted by Crippen LogP contribution is 2.29. The van der Waals surface area contributed by atoms with Crippen LogP contribution in [0, 0.1) is 0 Å². The average molecular weight is 416 g/mol. The van der Waals surface area contributed by atoms with Crippen LogP contribution in [0.25, 0.3) is 34.0 Å². The molecule has 3 heterocycles. The van der Waals surface area contributed by atoms with Crippen molar-refractivity contribution in [2.24, 2.45) is 0 Å². The highest BCUT2D eigenvalue weighted by molar-refractivity contribution is 5.72. The maximum absolute atomic E-state index is 12.1. The fourth-order valence-electron chi connectivity index (χ4n) is 3.30. The maximum Gasteiger partial charge on any atom is 0.250 e. The zero-order valence-electron chi connectivity index (χ0n) is 17.7. The highest BCUT2D eigenvalue weighted by atomic mass is 16.5. The number of nitrogens with two attached hydrogens (primary N) is 1. The lowest BCUT2D eigenvalue weighted by molar-refractivity contribution is 0.434. The summed E-state index contributed by atoms with van der Waals surface area (Å²) in [4.78, 5) is 21.0. The van der Waals surface area contributed by atoms with Gasteiger partial charge < -0.3 is 20.1 Å². The van der Waals surface area contributed by atoms with Crippen molar-refractivity contribution >= 4 is 5.82 Å². The third kappa shape index (κ3) is 4.24. The Bertz CT molecular complexity index is 1260. The number of hydrogen-bond acceptors (Lipinski definition) is 7. The van der Waals surface area contributed by atoms with Crippen LogP contribution in [-0.2, 0) is 6.54 Å². The molecule has 0 fully saturated rings. The van der Waals surface area contributed by atoms with Gasteiger partial charge in [0.2, 0.25) is 0 Å². The molecule has 4 aromatic rings. The van der Waals surface area contributed by atoms with Crippen molar-refractivity contribution in [3.63, 3.8) is 0 Å². The summed E-state index contributed by atoms with van der Waals surface area (Å²) in [7, 11) is 1.91. The third-order valence-corrected chi connectivity index (χ3v) is 4.97. The van der Waals surface area contributed by atoms with Crippen LogP contribution >= 0.6 is 0 Å². The SMILES string of the molecule is CNCc1ccc(-c2cc(-c3nc(-c4ccc(=O)n(C(C)C)c4)cnc3N)on2)cc1. The second-order valence-electron chi connectivity index (χ2n) is 7.55. The Hall–Kier alpha value is -3.78. The monoisotopic (exact) mass is 416 g/mol. The van der Waals surface area contributed by atoms with E-state index in [9.17, 15) is 4.79 Å². The molecular weight excluding hydrogens is 392 g/mol. The van der Waals surface area contributed by atoms with E-state index in [1.54, 1.807) is 29.1 Å². The minimum atomic E-state index is -0.0667. The minimum Gasteiger partial charge on any atom is -0.382 e. The number of nitrogen functional groups attached to an aromatic ring is 1. The van der Waals surface area contributed by atoms with E-state index >= 15 is 0 Å². The van der Waals surface area contributed by atoms with Gasteiger partial charge in [-0.3, -0.25) is 4.79 Å². The summed E-state index contributed by atoms with van der Waals surface area (Å²) in [5.74, 6) is 0.673. The van der Waals surface area contributed by atoms with Gasteiger partial charge in [0, 0.05) is 42.0 Å². The molecule has 0 radical (unpaired) electrons. The lowest BCUT2D eigenvalue weighted by Crippen LogP contribution is -2.20. The summed E-state index contributed by atoms with van der Waals surface area (Å²) in [6, 6.07) is 13.2. The van der Waals surface area contributed by atoms with Gasteiger partial charge in [-0.2, -0.15) is 0 Å². The number of benzene rings is 1. The smallest absolute Gasteiger partial charge is 0.250 e. The number of nitrogens with one attached hydrogen (secondary N) is 1. The second kappa shape index (κ2) is 8.53. The summed E-state index contributed by atoms with van der Waals surface area (Å²) in [5, 5.41) is 7.30. The summed E-state index contributed by atoms with van der Waals surface area (Å²) >= 11 is 0. The molecule has 0 unspecified atom stereocenters. The number of aromatic nitrogens is 4. The summed E-state index contributed by atoms with van der Waals surface area (Å²) < 4.78 is 7.19. The molecule has 0 bridgehead atoms. The average Bonchev–Trinajstić information content (AvgIpc) is 3.25. The van der Waals surface area contributed by atoms with Gasteiger partial charge in [-0.1, -0.05) is 29.4 Å². The van der Waals surface area contributed by atoms with E-state index in [-0.39, 0.29) is 17.4 Å². The van der Waals surface area contributed by atoms with Crippen LogP contribution in [-0.4, -0.2) is 26.7 Å². The van der Waals surface area contributed by atoms with Crippen LogP contribution in [0.15, 0.2) is 64.2 Å². The van der Waals surface area contributed by atoms with Crippen LogP contribution < -0.4 is 16.6 Å². The number of pyridine rings is 1. The lowest BCUT2D eigenvalue weighted by Gasteiger charge is -2.11. The van der Waals surface area contributed by atoms with Gasteiger partial charge in [-0.05, 0) is 32.5 Å². The van der Waals surface area contributed by atoms with E-state index in [0.717, 1.165) is 17.7 Å². The van der Waals surface area contributed by atoms with Crippen LogP contribution in [0.2, 0.25) is 0 Å². The first kappa shape index (κ1) is 20.5. The first-order valence-corrected chi connectivity index (χ1v) is 10.0. The van der Waals surface area contributed by atoms with E-state index in [0.29, 0.717) is 22.8 Å². The molecule has 0 saturated carbocycles. The van der Waals surface area contributed by atoms with Crippen LogP contribution in [0.3, 0.4) is 0 Å². The molecule has 3 N–H and O–H groups in total. The fourth-order valence-corrected chi connectivity index (χ4v) is 3.30. The van der Waals surface area contributed by atoms with Crippen LogP contribution in [0.4, 0.5) is 5.82 Å². The van der Waals surface area contributed by atoms with Crippen molar-refractivity contribution in [1.82, 2.24) is 25.0 Å². The Kier molecular flexibility index (Phi) is 5.64. The second-order valence-corrected chi connectivity index (χ2v) is 7.55. The van der Waals surface area contributed by atoms with E-state index in [1.165, 1.54) is 11.6 Å². The number of hydrogen-bond donors (Lipinski definition) is 2. The van der Waals surface area contributed by atoms with Gasteiger partial charge in [0.05, 0.1) is 11.9 Å². The van der Waals surface area contributed by atoms with Crippen molar-refractivity contribution in [3.05, 3.63) is 70.8 Å². The summed E-state index contributed by atoms with van der Waals surface area (Å²) in [5.41, 5.74) is 10.6. The molecule has 0 aliphatic carbocycles. The molecule has 3 aromatic heterocycles. The Labute approximate surface area is 179 Å². The molecule has 158 valence electrons. The van der Waals surface area contributed by atoms with Crippen molar-refractivity contribution in [2.75, 3.05) is 12.8 Å². The molecule has 31 heavy (non-hydrogen) atoms. The van der Waals surface area contributed by atoms with Crippen molar-refractivity contribution in [1.29, 1.82) is 0 Å². The molecule has 0 atom stereocenters. The van der Waals surface area contributed by atoms with E-state index < -0.39 is 0 Å².